The van der Waals surface area contributed by atoms with E-state index in [-0.39, 0.29) is 88.3 Å². The van der Waals surface area contributed by atoms with E-state index in [1.54, 1.807) is 104 Å². The molecule has 4 unspecified atom stereocenters. The molecule has 0 spiro atoms. The number of nitrogens with zero attached hydrogens (tertiary/aromatic N) is 1. The second-order valence-corrected chi connectivity index (χ2v) is 29.4. The molecule has 9 rings (SSSR count). The Hall–Kier alpha value is -8.08. The van der Waals surface area contributed by atoms with Crippen LogP contribution in [0, 0.1) is 27.7 Å². The van der Waals surface area contributed by atoms with Crippen LogP contribution in [0.25, 0.3) is 0 Å². The summed E-state index contributed by atoms with van der Waals surface area (Å²) in [5.74, 6) is -8.18. The lowest BCUT2D eigenvalue weighted by Crippen LogP contribution is -2.36. The average Bonchev–Trinajstić information content (AvgIpc) is 1.35. The molecule has 8 aromatic carbocycles. The molecule has 1 aliphatic rings. The number of aryl methyl sites for hydroxylation is 4. The van der Waals surface area contributed by atoms with E-state index in [1.807, 2.05) is 32.6 Å². The van der Waals surface area contributed by atoms with Crippen molar-refractivity contribution in [2.45, 2.75) is 145 Å². The van der Waals surface area contributed by atoms with Crippen molar-refractivity contribution < 1.29 is 70.8 Å². The molecular weight excluding hydrogens is 1200 g/mol. The van der Waals surface area contributed by atoms with E-state index in [0.29, 0.717) is 0 Å². The van der Waals surface area contributed by atoms with Gasteiger partial charge in [0.25, 0.3) is 0 Å². The van der Waals surface area contributed by atoms with Crippen molar-refractivity contribution in [3.63, 3.8) is 0 Å². The van der Waals surface area contributed by atoms with Crippen molar-refractivity contribution in [3.05, 3.63) is 212 Å². The van der Waals surface area contributed by atoms with Gasteiger partial charge < -0.3 is 37.2 Å². The lowest BCUT2D eigenvalue weighted by atomic mass is 9.80. The first kappa shape index (κ1) is 64.4. The third-order valence-electron chi connectivity index (χ3n) is 16.3. The second kappa shape index (κ2) is 24.5. The maximum Gasteiger partial charge on any atom is 0.339 e. The van der Waals surface area contributed by atoms with Crippen LogP contribution in [-0.2, 0) is 47.0 Å². The summed E-state index contributed by atoms with van der Waals surface area (Å²) in [4.78, 5) is 0.977. The van der Waals surface area contributed by atoms with E-state index in [1.165, 1.54) is 72.8 Å². The first-order chi connectivity index (χ1) is 41.2. The van der Waals surface area contributed by atoms with Crippen LogP contribution in [0.1, 0.15) is 151 Å². The number of phenols is 4. The highest BCUT2D eigenvalue weighted by atomic mass is 32.2. The number of phenolic OH excluding ortho intramolecular Hbond substituents is 4. The summed E-state index contributed by atoms with van der Waals surface area (Å²) in [6.45, 7) is 21.2. The summed E-state index contributed by atoms with van der Waals surface area (Å²) >= 11 is 0. The van der Waals surface area contributed by atoms with Crippen molar-refractivity contribution in [2.24, 2.45) is 0 Å². The van der Waals surface area contributed by atoms with Gasteiger partial charge in [-0.15, -0.1) is 0 Å². The first-order valence-corrected chi connectivity index (χ1v) is 34.1. The maximum absolute atomic E-state index is 14.6. The second-order valence-electron chi connectivity index (χ2n) is 23.2. The minimum absolute atomic E-state index is 0.0134. The van der Waals surface area contributed by atoms with Gasteiger partial charge in [0.15, 0.2) is 23.0 Å². The average molecular weight is 1270 g/mol. The third kappa shape index (κ3) is 13.1. The van der Waals surface area contributed by atoms with Gasteiger partial charge in [0.1, 0.15) is 42.6 Å². The molecule has 0 heterocycles. The van der Waals surface area contributed by atoms with Crippen molar-refractivity contribution in [2.75, 3.05) is 0 Å². The van der Waals surface area contributed by atoms with Crippen LogP contribution in [0.2, 0.25) is 0 Å². The van der Waals surface area contributed by atoms with Crippen LogP contribution in [0.15, 0.2) is 159 Å². The van der Waals surface area contributed by atoms with Gasteiger partial charge in [0, 0.05) is 105 Å². The molecule has 21 heteroatoms. The van der Waals surface area contributed by atoms with Gasteiger partial charge in [0.05, 0.1) is 5.56 Å². The predicted molar refractivity (Wildman–Crippen MR) is 334 cm³/mol. The normalized spacial score (nSPS) is 16.4. The lowest BCUT2D eigenvalue weighted by molar-refractivity contribution is 0.162. The topological polar surface area (TPSA) is 258 Å². The highest BCUT2D eigenvalue weighted by molar-refractivity contribution is 7.88. The molecular formula is C67H71NO16S4. The van der Waals surface area contributed by atoms with Gasteiger partial charge >= 0.3 is 40.5 Å². The summed E-state index contributed by atoms with van der Waals surface area (Å²) in [6.07, 6.45) is 0. The van der Waals surface area contributed by atoms with Gasteiger partial charge in [-0.3, -0.25) is 4.90 Å². The zero-order chi connectivity index (χ0) is 64.3. The Morgan fingerprint density at radius 2 is 0.580 bits per heavy atom. The molecule has 0 aromatic heterocycles. The van der Waals surface area contributed by atoms with Crippen LogP contribution < -0.4 is 16.7 Å². The summed E-state index contributed by atoms with van der Waals surface area (Å²) in [6, 6.07) is 32.1. The quantitative estimate of drug-likeness (QED) is 0.0656. The standard InChI is InChI=1S/C67H71NO16S4/c1-37(2)68(38(3)4)36-59-66(71)57-32-58(67(59)72)46(12)56-31-54(63(82-86(75,76)48-23-15-40(6)16-24-48)35-65(56)84-88(79,80)50-27-19-42(8)20-28-50)44(10)52-29-51(60(69)33-61(52)70)43(9)53-30-55(45(57)11)64(83-87(77,78)49-25-17-41(7)18-26-49)34-62(53)81-85(73,74)47-21-13-39(5)14-22-47/h13-35,37-38,43-46,69-72H,36H2,1-12H3. The Balaban J connectivity index is 1.41. The predicted octanol–water partition coefficient (Wildman–Crippen LogP) is 13.4. The molecule has 8 aromatic rings. The van der Waals surface area contributed by atoms with Crippen LogP contribution in [-0.4, -0.2) is 71.1 Å². The zero-order valence-corrected chi connectivity index (χ0v) is 54.0. The maximum atomic E-state index is 14.6. The van der Waals surface area contributed by atoms with Gasteiger partial charge in [-0.25, -0.2) is 0 Å². The molecule has 8 bridgehead atoms. The molecule has 0 aliphatic heterocycles. The fraction of sp³-hybridized carbons (Fsp3) is 0.284. The Kier molecular flexibility index (Phi) is 17.9. The van der Waals surface area contributed by atoms with E-state index in [0.717, 1.165) is 40.5 Å². The van der Waals surface area contributed by atoms with Crippen LogP contribution >= 0.6 is 0 Å². The molecule has 464 valence electrons. The molecule has 0 amide bonds. The number of benzene rings is 8. The van der Waals surface area contributed by atoms with Gasteiger partial charge in [-0.05, 0) is 128 Å². The van der Waals surface area contributed by atoms with Gasteiger partial charge in [-0.2, -0.15) is 33.7 Å². The van der Waals surface area contributed by atoms with E-state index < -0.39 is 110 Å². The van der Waals surface area contributed by atoms with Gasteiger partial charge in [0.2, 0.25) is 0 Å². The summed E-state index contributed by atoms with van der Waals surface area (Å²) in [5, 5.41) is 49.8. The first-order valence-electron chi connectivity index (χ1n) is 28.5. The highest BCUT2D eigenvalue weighted by Crippen LogP contribution is 2.53. The minimum atomic E-state index is -4.77. The largest absolute Gasteiger partial charge is 0.508 e. The van der Waals surface area contributed by atoms with Crippen molar-refractivity contribution >= 4 is 40.5 Å². The third-order valence-corrected chi connectivity index (χ3v) is 21.3. The Morgan fingerprint density at radius 3 is 0.830 bits per heavy atom. The molecule has 0 saturated carbocycles. The SMILES string of the molecule is Cc1ccc(S(=O)(=O)Oc2cc(OS(=O)(=O)c3ccc(C)cc3)c3cc2C(C)c2cc(c(O)cc2O)C(C)c2cc(c(OS(=O)(=O)c4ccc(C)cc4)cc2OS(=O)(=O)c2ccc(C)cc2)C(C)c2cc(c(O)c(CN(C(C)C)C(C)C)c2O)C3C)cc1. The number of rotatable bonds is 16. The number of hydrogen-bond acceptors (Lipinski definition) is 17. The fourth-order valence-electron chi connectivity index (χ4n) is 11.0. The van der Waals surface area contributed by atoms with E-state index in [9.17, 15) is 54.1 Å². The molecule has 17 nitrogen and oxygen atoms in total. The van der Waals surface area contributed by atoms with Crippen molar-refractivity contribution in [1.82, 2.24) is 4.90 Å². The molecule has 0 saturated heterocycles. The van der Waals surface area contributed by atoms with Crippen LogP contribution in [0.4, 0.5) is 0 Å². The molecule has 0 fully saturated rings. The number of hydrogen-bond donors (Lipinski definition) is 4. The monoisotopic (exact) mass is 1270 g/mol. The number of aromatic hydroxyl groups is 4. The molecule has 4 N–H and O–H groups in total. The molecule has 1 aliphatic carbocycles. The lowest BCUT2D eigenvalue weighted by Gasteiger charge is -2.32. The minimum Gasteiger partial charge on any atom is -0.508 e. The molecule has 0 radical (unpaired) electrons. The van der Waals surface area contributed by atoms with E-state index in [2.05, 4.69) is 0 Å². The van der Waals surface area contributed by atoms with Crippen LogP contribution in [0.5, 0.6) is 46.0 Å². The zero-order valence-electron chi connectivity index (χ0n) is 50.7. The molecule has 4 atom stereocenters. The molecule has 88 heavy (non-hydrogen) atoms. The van der Waals surface area contributed by atoms with Crippen molar-refractivity contribution in [1.29, 1.82) is 0 Å². The highest BCUT2D eigenvalue weighted by Gasteiger charge is 2.36. The van der Waals surface area contributed by atoms with E-state index in [4.69, 9.17) is 16.7 Å². The van der Waals surface area contributed by atoms with Gasteiger partial charge in [-0.1, -0.05) is 98.5 Å². The van der Waals surface area contributed by atoms with Crippen molar-refractivity contribution in [3.8, 4) is 46.0 Å². The summed E-state index contributed by atoms with van der Waals surface area (Å²) in [7, 11) is -19.1. The Bertz CT molecular complexity index is 4180. The fourth-order valence-corrected chi connectivity index (χ4v) is 14.8. The summed E-state index contributed by atoms with van der Waals surface area (Å²) in [5.41, 5.74) is 3.40. The Labute approximate surface area is 515 Å². The smallest absolute Gasteiger partial charge is 0.339 e. The Morgan fingerprint density at radius 1 is 0.352 bits per heavy atom. The number of fused-ring (bicyclic) bond motifs is 8. The summed E-state index contributed by atoms with van der Waals surface area (Å²) < 4.78 is 141. The van der Waals surface area contributed by atoms with E-state index >= 15 is 0 Å². The van der Waals surface area contributed by atoms with Crippen LogP contribution in [0.3, 0.4) is 0 Å².